The minimum atomic E-state index is -0.996. The molecule has 0 radical (unpaired) electrons. The van der Waals surface area contributed by atoms with Crippen LogP contribution in [-0.4, -0.2) is 45.1 Å². The number of aromatic amines is 1. The van der Waals surface area contributed by atoms with Gasteiger partial charge in [0.05, 0.1) is 5.57 Å². The van der Waals surface area contributed by atoms with E-state index in [0.29, 0.717) is 17.0 Å². The molecule has 3 heterocycles. The fraction of sp³-hybridized carbons (Fsp3) is 0.227. The molecule has 148 valence electrons. The second-order valence-electron chi connectivity index (χ2n) is 7.04. The van der Waals surface area contributed by atoms with Crippen LogP contribution in [-0.2, 0) is 4.79 Å². The molecule has 0 unspecified atom stereocenters. The van der Waals surface area contributed by atoms with E-state index in [-0.39, 0.29) is 11.6 Å². The Kier molecular flexibility index (Phi) is 5.29. The maximum atomic E-state index is 12.4. The van der Waals surface area contributed by atoms with E-state index in [1.165, 1.54) is 0 Å². The number of rotatable bonds is 4. The number of H-pyrrole nitrogens is 1. The third-order valence-corrected chi connectivity index (χ3v) is 5.06. The number of carbonyl (C=O) groups is 2. The van der Waals surface area contributed by atoms with E-state index < -0.39 is 5.97 Å². The number of aliphatic carboxylic acids is 1. The van der Waals surface area contributed by atoms with Gasteiger partial charge in [-0.15, -0.1) is 0 Å². The second kappa shape index (κ2) is 8.18. The van der Waals surface area contributed by atoms with Crippen molar-refractivity contribution in [2.75, 3.05) is 18.4 Å². The molecule has 0 saturated carbocycles. The Hall–Kier alpha value is -3.61. The minimum Gasteiger partial charge on any atom is -0.478 e. The van der Waals surface area contributed by atoms with Gasteiger partial charge in [-0.2, -0.15) is 0 Å². The van der Waals surface area contributed by atoms with Gasteiger partial charge < -0.3 is 15.0 Å². The van der Waals surface area contributed by atoms with E-state index in [1.807, 2.05) is 12.1 Å². The van der Waals surface area contributed by atoms with Crippen molar-refractivity contribution in [1.82, 2.24) is 14.9 Å². The molecule has 2 amide bonds. The summed E-state index contributed by atoms with van der Waals surface area (Å²) in [6, 6.07) is 12.4. The number of pyridine rings is 1. The number of hydrogen-bond acceptors (Lipinski definition) is 3. The summed E-state index contributed by atoms with van der Waals surface area (Å²) in [6.07, 6.45) is 6.57. The quantitative estimate of drug-likeness (QED) is 0.581. The molecule has 3 aromatic rings. The molecule has 1 aromatic carbocycles. The molecule has 1 aliphatic rings. The van der Waals surface area contributed by atoms with Crippen LogP contribution in [0.3, 0.4) is 0 Å². The smallest absolute Gasteiger partial charge is 0.336 e. The number of carbonyl (C=O) groups excluding carboxylic acids is 1. The number of nitrogens with one attached hydrogen (secondary N) is 2. The van der Waals surface area contributed by atoms with Crippen LogP contribution in [0.15, 0.2) is 48.7 Å². The number of aromatic nitrogens is 2. The molecule has 0 aliphatic carbocycles. The van der Waals surface area contributed by atoms with Crippen molar-refractivity contribution in [2.45, 2.75) is 19.3 Å². The lowest BCUT2D eigenvalue weighted by molar-refractivity contribution is -0.130. The Morgan fingerprint density at radius 1 is 1.07 bits per heavy atom. The average Bonchev–Trinajstić information content (AvgIpc) is 3.15. The highest BCUT2D eigenvalue weighted by Gasteiger charge is 2.17. The Morgan fingerprint density at radius 3 is 2.55 bits per heavy atom. The third kappa shape index (κ3) is 4.13. The van der Waals surface area contributed by atoms with Gasteiger partial charge in [-0.25, -0.2) is 14.6 Å². The van der Waals surface area contributed by atoms with Crippen molar-refractivity contribution in [1.29, 1.82) is 0 Å². The summed E-state index contributed by atoms with van der Waals surface area (Å²) >= 11 is 0. The lowest BCUT2D eigenvalue weighted by Crippen LogP contribution is -2.38. The first-order valence-corrected chi connectivity index (χ1v) is 9.66. The van der Waals surface area contributed by atoms with Crippen molar-refractivity contribution >= 4 is 40.5 Å². The molecule has 4 rings (SSSR count). The summed E-state index contributed by atoms with van der Waals surface area (Å²) in [5.74, 6) is -0.532. The Morgan fingerprint density at radius 2 is 1.83 bits per heavy atom. The molecular formula is C22H22N4O3. The van der Waals surface area contributed by atoms with Gasteiger partial charge in [0.2, 0.25) is 0 Å². The minimum absolute atomic E-state index is 0.138. The summed E-state index contributed by atoms with van der Waals surface area (Å²) in [5, 5.41) is 13.3. The van der Waals surface area contributed by atoms with Crippen molar-refractivity contribution in [3.05, 3.63) is 59.8 Å². The van der Waals surface area contributed by atoms with Crippen LogP contribution in [0, 0.1) is 0 Å². The van der Waals surface area contributed by atoms with Crippen LogP contribution >= 0.6 is 0 Å². The summed E-state index contributed by atoms with van der Waals surface area (Å²) in [5.41, 5.74) is 2.15. The Bertz CT molecular complexity index is 1070. The number of anilines is 1. The van der Waals surface area contributed by atoms with E-state index in [0.717, 1.165) is 43.3 Å². The third-order valence-electron chi connectivity index (χ3n) is 5.06. The number of urea groups is 1. The van der Waals surface area contributed by atoms with Crippen molar-refractivity contribution in [3.8, 4) is 0 Å². The molecule has 2 aromatic heterocycles. The molecule has 0 spiro atoms. The Labute approximate surface area is 168 Å². The zero-order valence-electron chi connectivity index (χ0n) is 15.9. The lowest BCUT2D eigenvalue weighted by Gasteiger charge is -2.26. The van der Waals surface area contributed by atoms with E-state index in [1.54, 1.807) is 47.5 Å². The van der Waals surface area contributed by atoms with Crippen LogP contribution in [0.2, 0.25) is 0 Å². The molecule has 1 fully saturated rings. The van der Waals surface area contributed by atoms with Gasteiger partial charge in [-0.05, 0) is 43.0 Å². The second-order valence-corrected chi connectivity index (χ2v) is 7.04. The molecule has 29 heavy (non-hydrogen) atoms. The largest absolute Gasteiger partial charge is 0.478 e. The van der Waals surface area contributed by atoms with Crippen molar-refractivity contribution in [2.24, 2.45) is 0 Å². The predicted octanol–water partition coefficient (Wildman–Crippen LogP) is 4.21. The summed E-state index contributed by atoms with van der Waals surface area (Å²) in [4.78, 5) is 33.4. The highest BCUT2D eigenvalue weighted by atomic mass is 16.4. The van der Waals surface area contributed by atoms with Crippen LogP contribution in [0.1, 0.15) is 30.4 Å². The molecule has 7 heteroatoms. The molecule has 7 nitrogen and oxygen atoms in total. The number of carboxylic acids is 1. The Balaban J connectivity index is 1.59. The first-order valence-electron chi connectivity index (χ1n) is 9.66. The highest BCUT2D eigenvalue weighted by molar-refractivity contribution is 6.21. The van der Waals surface area contributed by atoms with E-state index in [4.69, 9.17) is 0 Å². The fourth-order valence-corrected chi connectivity index (χ4v) is 3.54. The van der Waals surface area contributed by atoms with Gasteiger partial charge in [0.25, 0.3) is 0 Å². The predicted molar refractivity (Wildman–Crippen MR) is 112 cm³/mol. The fourth-order valence-electron chi connectivity index (χ4n) is 3.54. The number of amides is 2. The lowest BCUT2D eigenvalue weighted by atomic mass is 10.0. The van der Waals surface area contributed by atoms with Gasteiger partial charge in [0.1, 0.15) is 11.5 Å². The monoisotopic (exact) mass is 390 g/mol. The molecule has 3 N–H and O–H groups in total. The molecular weight excluding hydrogens is 368 g/mol. The van der Waals surface area contributed by atoms with E-state index in [2.05, 4.69) is 15.3 Å². The van der Waals surface area contributed by atoms with Gasteiger partial charge in [0.15, 0.2) is 0 Å². The van der Waals surface area contributed by atoms with Crippen LogP contribution in [0.25, 0.3) is 22.7 Å². The number of fused-ring (bicyclic) bond motifs is 1. The highest BCUT2D eigenvalue weighted by Crippen LogP contribution is 2.25. The number of likely N-dealkylation sites (tertiary alicyclic amines) is 1. The summed E-state index contributed by atoms with van der Waals surface area (Å²) in [6.45, 7) is 1.53. The normalized spacial score (nSPS) is 14.8. The van der Waals surface area contributed by atoms with Gasteiger partial charge in [-0.1, -0.05) is 30.3 Å². The van der Waals surface area contributed by atoms with Gasteiger partial charge in [-0.3, -0.25) is 5.32 Å². The summed E-state index contributed by atoms with van der Waals surface area (Å²) < 4.78 is 0. The number of benzene rings is 1. The van der Waals surface area contributed by atoms with Crippen LogP contribution in [0.5, 0.6) is 0 Å². The maximum Gasteiger partial charge on any atom is 0.336 e. The number of piperidine rings is 1. The first kappa shape index (κ1) is 18.7. The number of hydrogen-bond donors (Lipinski definition) is 3. The van der Waals surface area contributed by atoms with E-state index in [9.17, 15) is 14.7 Å². The van der Waals surface area contributed by atoms with E-state index >= 15 is 0 Å². The zero-order chi connectivity index (χ0) is 20.2. The number of nitrogens with zero attached hydrogens (tertiary/aromatic N) is 2. The SMILES string of the molecule is O=C(O)/C(=C\c1c[nH]c2nc(NC(=O)N3CCCCC3)ccc12)c1ccccc1. The van der Waals surface area contributed by atoms with Gasteiger partial charge in [0, 0.05) is 30.2 Å². The van der Waals surface area contributed by atoms with Crippen molar-refractivity contribution in [3.63, 3.8) is 0 Å². The molecule has 1 aliphatic heterocycles. The van der Waals surface area contributed by atoms with Gasteiger partial charge >= 0.3 is 12.0 Å². The molecule has 0 atom stereocenters. The summed E-state index contributed by atoms with van der Waals surface area (Å²) in [7, 11) is 0. The first-order chi connectivity index (χ1) is 14.1. The topological polar surface area (TPSA) is 98.3 Å². The molecule has 0 bridgehead atoms. The standard InChI is InChI=1S/C22H22N4O3/c27-21(28)18(15-7-3-1-4-8-15)13-16-14-23-20-17(16)9-10-19(24-20)25-22(29)26-11-5-2-6-12-26/h1,3-4,7-10,13-14H,2,5-6,11-12H2,(H,27,28)(H2,23,24,25,29)/b18-13-. The van der Waals surface area contributed by atoms with Crippen LogP contribution < -0.4 is 5.32 Å². The van der Waals surface area contributed by atoms with Crippen LogP contribution in [0.4, 0.5) is 10.6 Å². The van der Waals surface area contributed by atoms with Crippen molar-refractivity contribution < 1.29 is 14.7 Å². The maximum absolute atomic E-state index is 12.4. The zero-order valence-corrected chi connectivity index (χ0v) is 15.9. The average molecular weight is 390 g/mol. The number of carboxylic acid groups (broad SMARTS) is 1. The molecule has 1 saturated heterocycles.